The number of aryl methyl sites for hydroxylation is 1. The number of urea groups is 1. The number of carbonyl (C=O) groups excluding carboxylic acids is 3. The maximum atomic E-state index is 12.9. The Hall–Kier alpha value is -3.50. The molecule has 0 radical (unpaired) electrons. The number of rotatable bonds is 2. The van der Waals surface area contributed by atoms with Crippen LogP contribution >= 0.6 is 0 Å². The quantitative estimate of drug-likeness (QED) is 0.652. The molecule has 2 N–H and O–H groups in total. The predicted molar refractivity (Wildman–Crippen MR) is 105 cm³/mol. The number of hydrogen-bond donors (Lipinski definition) is 2. The van der Waals surface area contributed by atoms with Crippen LogP contribution in [0.2, 0.25) is 0 Å². The smallest absolute Gasteiger partial charge is 0.322 e. The number of carbonyl (C=O) groups is 3. The molecule has 4 amide bonds. The monoisotopic (exact) mass is 414 g/mol. The van der Waals surface area contributed by atoms with Crippen molar-refractivity contribution in [3.8, 4) is 0 Å². The first-order chi connectivity index (χ1) is 14.1. The Balaban J connectivity index is 1.62. The van der Waals surface area contributed by atoms with Crippen LogP contribution in [0.25, 0.3) is 11.0 Å². The van der Waals surface area contributed by atoms with Crippen molar-refractivity contribution in [1.29, 1.82) is 0 Å². The molecule has 2 aliphatic rings. The SMILES string of the molecule is CC1CCC2(CC1)NC(=O)N(NC(=O)c1cnc3c(c1)c(=O)n(C)c(=O)n3C)C2=O. The highest BCUT2D eigenvalue weighted by atomic mass is 16.2. The highest BCUT2D eigenvalue weighted by Crippen LogP contribution is 2.35. The summed E-state index contributed by atoms with van der Waals surface area (Å²) in [5.74, 6) is -0.768. The molecule has 30 heavy (non-hydrogen) atoms. The Labute approximate surface area is 170 Å². The van der Waals surface area contributed by atoms with Crippen LogP contribution in [-0.4, -0.2) is 42.5 Å². The van der Waals surface area contributed by atoms with Crippen LogP contribution in [0, 0.1) is 5.92 Å². The van der Waals surface area contributed by atoms with E-state index in [1.807, 2.05) is 0 Å². The fraction of sp³-hybridized carbons (Fsp3) is 0.474. The molecule has 0 aromatic carbocycles. The third-order valence-electron chi connectivity index (χ3n) is 6.06. The predicted octanol–water partition coefficient (Wildman–Crippen LogP) is -0.222. The summed E-state index contributed by atoms with van der Waals surface area (Å²) in [6, 6.07) is 0.602. The molecular weight excluding hydrogens is 392 g/mol. The zero-order valence-corrected chi connectivity index (χ0v) is 16.9. The molecule has 4 rings (SSSR count). The van der Waals surface area contributed by atoms with Gasteiger partial charge in [0, 0.05) is 20.3 Å². The summed E-state index contributed by atoms with van der Waals surface area (Å²) < 4.78 is 2.11. The molecule has 1 saturated carbocycles. The molecule has 11 nitrogen and oxygen atoms in total. The number of nitrogens with one attached hydrogen (secondary N) is 2. The van der Waals surface area contributed by atoms with Gasteiger partial charge in [-0.2, -0.15) is 5.01 Å². The lowest BCUT2D eigenvalue weighted by atomic mass is 9.77. The minimum atomic E-state index is -0.979. The highest BCUT2D eigenvalue weighted by molar-refractivity contribution is 6.09. The van der Waals surface area contributed by atoms with E-state index in [0.29, 0.717) is 23.8 Å². The van der Waals surface area contributed by atoms with Gasteiger partial charge in [-0.3, -0.25) is 28.9 Å². The fourth-order valence-electron chi connectivity index (χ4n) is 4.07. The van der Waals surface area contributed by atoms with Crippen LogP contribution in [0.1, 0.15) is 43.0 Å². The average Bonchev–Trinajstić information content (AvgIpc) is 2.96. The second-order valence-corrected chi connectivity index (χ2v) is 8.08. The fourth-order valence-corrected chi connectivity index (χ4v) is 4.07. The molecule has 2 fully saturated rings. The van der Waals surface area contributed by atoms with Gasteiger partial charge in [-0.15, -0.1) is 0 Å². The van der Waals surface area contributed by atoms with Crippen molar-refractivity contribution >= 4 is 28.9 Å². The summed E-state index contributed by atoms with van der Waals surface area (Å²) in [7, 11) is 2.79. The summed E-state index contributed by atoms with van der Waals surface area (Å²) in [5.41, 5.74) is 0.316. The van der Waals surface area contributed by atoms with Crippen molar-refractivity contribution in [3.63, 3.8) is 0 Å². The third-order valence-corrected chi connectivity index (χ3v) is 6.06. The van der Waals surface area contributed by atoms with Gasteiger partial charge >= 0.3 is 11.7 Å². The molecular formula is C19H22N6O5. The first-order valence-electron chi connectivity index (χ1n) is 9.68. The van der Waals surface area contributed by atoms with E-state index in [9.17, 15) is 24.0 Å². The zero-order valence-electron chi connectivity index (χ0n) is 16.9. The van der Waals surface area contributed by atoms with Gasteiger partial charge in [0.25, 0.3) is 17.4 Å². The maximum absolute atomic E-state index is 12.9. The molecule has 158 valence electrons. The van der Waals surface area contributed by atoms with Gasteiger partial charge < -0.3 is 5.32 Å². The number of fused-ring (bicyclic) bond motifs is 1. The molecule has 0 bridgehead atoms. The number of imide groups is 1. The van der Waals surface area contributed by atoms with Crippen molar-refractivity contribution < 1.29 is 14.4 Å². The van der Waals surface area contributed by atoms with E-state index in [2.05, 4.69) is 22.7 Å². The van der Waals surface area contributed by atoms with E-state index in [1.165, 1.54) is 30.9 Å². The van der Waals surface area contributed by atoms with E-state index in [4.69, 9.17) is 0 Å². The van der Waals surface area contributed by atoms with Crippen LogP contribution in [0.5, 0.6) is 0 Å². The first-order valence-corrected chi connectivity index (χ1v) is 9.68. The number of nitrogens with zero attached hydrogens (tertiary/aromatic N) is 4. The van der Waals surface area contributed by atoms with Gasteiger partial charge in [0.2, 0.25) is 0 Å². The van der Waals surface area contributed by atoms with Crippen molar-refractivity contribution in [2.75, 3.05) is 0 Å². The Morgan fingerprint density at radius 3 is 2.50 bits per heavy atom. The summed E-state index contributed by atoms with van der Waals surface area (Å²) in [6.07, 6.45) is 3.85. The van der Waals surface area contributed by atoms with Gasteiger partial charge in [0.05, 0.1) is 10.9 Å². The molecule has 1 aliphatic carbocycles. The standard InChI is InChI=1S/C19H22N6O5/c1-10-4-6-19(7-5-10)16(28)25(17(29)21-19)22-14(26)11-8-12-13(20-9-11)23(2)18(30)24(3)15(12)27/h8-10H,4-7H2,1-3H3,(H,21,29)(H,22,26). The Kier molecular flexibility index (Phi) is 4.48. The Morgan fingerprint density at radius 1 is 1.17 bits per heavy atom. The molecule has 3 heterocycles. The summed E-state index contributed by atoms with van der Waals surface area (Å²) in [4.78, 5) is 66.4. The van der Waals surface area contributed by atoms with E-state index < -0.39 is 34.6 Å². The van der Waals surface area contributed by atoms with E-state index in [0.717, 1.165) is 17.4 Å². The normalized spacial score (nSPS) is 23.8. The van der Waals surface area contributed by atoms with E-state index in [-0.39, 0.29) is 16.6 Å². The van der Waals surface area contributed by atoms with Gasteiger partial charge in [-0.1, -0.05) is 6.92 Å². The molecule has 0 unspecified atom stereocenters. The first kappa shape index (κ1) is 19.8. The van der Waals surface area contributed by atoms with Crippen molar-refractivity contribution in [2.45, 2.75) is 38.1 Å². The van der Waals surface area contributed by atoms with Crippen LogP contribution in [0.3, 0.4) is 0 Å². The number of pyridine rings is 1. The van der Waals surface area contributed by atoms with Crippen LogP contribution < -0.4 is 22.0 Å². The number of hydrazine groups is 1. The lowest BCUT2D eigenvalue weighted by Crippen LogP contribution is -2.51. The molecule has 2 aromatic rings. The summed E-state index contributed by atoms with van der Waals surface area (Å²) >= 11 is 0. The van der Waals surface area contributed by atoms with Gasteiger partial charge in [-0.05, 0) is 37.7 Å². The van der Waals surface area contributed by atoms with Gasteiger partial charge in [0.1, 0.15) is 11.2 Å². The number of hydrogen-bond acceptors (Lipinski definition) is 6. The Bertz CT molecular complexity index is 1200. The molecule has 0 atom stereocenters. The van der Waals surface area contributed by atoms with Gasteiger partial charge in [0.15, 0.2) is 0 Å². The molecule has 1 saturated heterocycles. The summed E-state index contributed by atoms with van der Waals surface area (Å²) in [6.45, 7) is 2.10. The van der Waals surface area contributed by atoms with Crippen LogP contribution in [0.4, 0.5) is 4.79 Å². The summed E-state index contributed by atoms with van der Waals surface area (Å²) in [5, 5.41) is 3.49. The van der Waals surface area contributed by atoms with Crippen LogP contribution in [-0.2, 0) is 18.9 Å². The minimum absolute atomic E-state index is 0.0166. The second kappa shape index (κ2) is 6.78. The van der Waals surface area contributed by atoms with Crippen molar-refractivity contribution in [3.05, 3.63) is 38.7 Å². The topological polar surface area (TPSA) is 135 Å². The van der Waals surface area contributed by atoms with Crippen LogP contribution in [0.15, 0.2) is 21.9 Å². The minimum Gasteiger partial charge on any atom is -0.322 e. The van der Waals surface area contributed by atoms with Crippen molar-refractivity contribution in [1.82, 2.24) is 29.9 Å². The van der Waals surface area contributed by atoms with Crippen molar-refractivity contribution in [2.24, 2.45) is 20.0 Å². The largest absolute Gasteiger partial charge is 0.344 e. The zero-order chi connectivity index (χ0) is 21.8. The molecule has 1 aliphatic heterocycles. The third kappa shape index (κ3) is 2.88. The highest BCUT2D eigenvalue weighted by Gasteiger charge is 2.52. The van der Waals surface area contributed by atoms with Gasteiger partial charge in [-0.25, -0.2) is 14.6 Å². The number of amides is 4. The molecule has 2 aromatic heterocycles. The average molecular weight is 414 g/mol. The Morgan fingerprint density at radius 2 is 1.83 bits per heavy atom. The molecule has 11 heteroatoms. The second-order valence-electron chi connectivity index (χ2n) is 8.08. The van der Waals surface area contributed by atoms with E-state index >= 15 is 0 Å². The number of aromatic nitrogens is 3. The molecule has 1 spiro atoms. The lowest BCUT2D eigenvalue weighted by Gasteiger charge is -2.33. The van der Waals surface area contributed by atoms with E-state index in [1.54, 1.807) is 0 Å². The maximum Gasteiger partial charge on any atom is 0.344 e. The lowest BCUT2D eigenvalue weighted by molar-refractivity contribution is -0.134.